The highest BCUT2D eigenvalue weighted by Crippen LogP contribution is 2.38. The smallest absolute Gasteiger partial charge is 0.457 e. The van der Waals surface area contributed by atoms with E-state index in [1.807, 2.05) is 58.0 Å². The summed E-state index contributed by atoms with van der Waals surface area (Å²) in [5, 5.41) is 12.6. The summed E-state index contributed by atoms with van der Waals surface area (Å²) in [6.45, 7) is 10.7. The Hall–Kier alpha value is -2.10. The van der Waals surface area contributed by atoms with Crippen molar-refractivity contribution in [2.24, 2.45) is 5.92 Å². The SMILES string of the molecule is CC1(C)OB(CCCC(CN2CCCCC2)C(NC(=O)OCc2ccccc2)C(=O)O)OC1(C)C. The number of amides is 1. The van der Waals surface area contributed by atoms with E-state index in [-0.39, 0.29) is 19.6 Å². The highest BCUT2D eigenvalue weighted by molar-refractivity contribution is 6.45. The van der Waals surface area contributed by atoms with E-state index in [0.29, 0.717) is 19.3 Å². The van der Waals surface area contributed by atoms with Crippen molar-refractivity contribution in [3.05, 3.63) is 35.9 Å². The molecule has 0 saturated carbocycles. The number of carbonyl (C=O) groups excluding carboxylic acids is 1. The van der Waals surface area contributed by atoms with Crippen molar-refractivity contribution in [1.82, 2.24) is 10.2 Å². The number of nitrogens with zero attached hydrogens (tertiary/aromatic N) is 1. The molecule has 2 fully saturated rings. The summed E-state index contributed by atoms with van der Waals surface area (Å²) < 4.78 is 17.5. The summed E-state index contributed by atoms with van der Waals surface area (Å²) in [7, 11) is -0.317. The fourth-order valence-electron chi connectivity index (χ4n) is 4.74. The van der Waals surface area contributed by atoms with Crippen LogP contribution < -0.4 is 5.32 Å². The molecule has 1 aromatic rings. The summed E-state index contributed by atoms with van der Waals surface area (Å²) >= 11 is 0. The average molecular weight is 488 g/mol. The highest BCUT2D eigenvalue weighted by atomic mass is 16.7. The quantitative estimate of drug-likeness (QED) is 0.447. The zero-order chi connectivity index (χ0) is 25.5. The van der Waals surface area contributed by atoms with E-state index in [0.717, 1.165) is 37.9 Å². The fourth-order valence-corrected chi connectivity index (χ4v) is 4.74. The van der Waals surface area contributed by atoms with Crippen LogP contribution in [-0.2, 0) is 25.4 Å². The van der Waals surface area contributed by atoms with Crippen molar-refractivity contribution in [1.29, 1.82) is 0 Å². The van der Waals surface area contributed by atoms with Crippen LogP contribution in [0.15, 0.2) is 30.3 Å². The van der Waals surface area contributed by atoms with Crippen LogP contribution in [0.2, 0.25) is 6.32 Å². The number of carbonyl (C=O) groups is 2. The molecule has 9 heteroatoms. The van der Waals surface area contributed by atoms with Gasteiger partial charge in [0.1, 0.15) is 12.6 Å². The van der Waals surface area contributed by atoms with Crippen LogP contribution in [0.1, 0.15) is 65.4 Å². The summed E-state index contributed by atoms with van der Waals surface area (Å²) in [5.41, 5.74) is 0.0682. The molecule has 2 aliphatic heterocycles. The Labute approximate surface area is 209 Å². The third-order valence-corrected chi connectivity index (χ3v) is 7.48. The Morgan fingerprint density at radius 1 is 1.09 bits per heavy atom. The van der Waals surface area contributed by atoms with Gasteiger partial charge in [-0.2, -0.15) is 0 Å². The molecule has 1 aromatic carbocycles. The van der Waals surface area contributed by atoms with Gasteiger partial charge in [0.2, 0.25) is 0 Å². The number of aliphatic carboxylic acids is 1. The van der Waals surface area contributed by atoms with Gasteiger partial charge in [-0.15, -0.1) is 0 Å². The van der Waals surface area contributed by atoms with Gasteiger partial charge in [-0.1, -0.05) is 43.2 Å². The molecule has 2 atom stereocenters. The second-order valence-electron chi connectivity index (χ2n) is 10.8. The van der Waals surface area contributed by atoms with E-state index in [1.54, 1.807) is 0 Å². The second-order valence-corrected chi connectivity index (χ2v) is 10.8. The molecular formula is C26H41BN2O6. The molecule has 2 unspecified atom stereocenters. The summed E-state index contributed by atoms with van der Waals surface area (Å²) in [6, 6.07) is 8.31. The standard InChI is InChI=1S/C26H41BN2O6/c1-25(2)26(3,4)35-27(34-25)15-11-14-21(18-29-16-9-6-10-17-29)22(23(30)31)28-24(32)33-19-20-12-7-5-8-13-20/h5,7-8,12-13,21-22H,6,9-11,14-19H2,1-4H3,(H,28,32)(H,30,31). The third kappa shape index (κ3) is 7.95. The lowest BCUT2D eigenvalue weighted by molar-refractivity contribution is -0.141. The average Bonchev–Trinajstić information content (AvgIpc) is 3.02. The molecule has 2 heterocycles. The predicted molar refractivity (Wildman–Crippen MR) is 135 cm³/mol. The molecule has 2 N–H and O–H groups in total. The maximum atomic E-state index is 12.5. The Morgan fingerprint density at radius 3 is 2.31 bits per heavy atom. The molecular weight excluding hydrogens is 447 g/mol. The van der Waals surface area contributed by atoms with Gasteiger partial charge in [-0.25, -0.2) is 9.59 Å². The van der Waals surface area contributed by atoms with E-state index < -0.39 is 29.3 Å². The van der Waals surface area contributed by atoms with Gasteiger partial charge in [0.25, 0.3) is 0 Å². The van der Waals surface area contributed by atoms with Crippen LogP contribution in [0.4, 0.5) is 4.79 Å². The molecule has 35 heavy (non-hydrogen) atoms. The van der Waals surface area contributed by atoms with Crippen LogP contribution >= 0.6 is 0 Å². The highest BCUT2D eigenvalue weighted by Gasteiger charge is 2.50. The van der Waals surface area contributed by atoms with Crippen LogP contribution in [0.3, 0.4) is 0 Å². The van der Waals surface area contributed by atoms with Gasteiger partial charge in [0, 0.05) is 12.5 Å². The fraction of sp³-hybridized carbons (Fsp3) is 0.692. The van der Waals surface area contributed by atoms with Crippen LogP contribution in [0, 0.1) is 5.92 Å². The second kappa shape index (κ2) is 12.2. The lowest BCUT2D eigenvalue weighted by Crippen LogP contribution is -2.50. The molecule has 0 aromatic heterocycles. The largest absolute Gasteiger partial charge is 0.480 e. The van der Waals surface area contributed by atoms with Crippen LogP contribution in [0.25, 0.3) is 0 Å². The van der Waals surface area contributed by atoms with Gasteiger partial charge < -0.3 is 29.4 Å². The molecule has 3 rings (SSSR count). The normalized spacial score (nSPS) is 21.3. The minimum Gasteiger partial charge on any atom is -0.480 e. The zero-order valence-corrected chi connectivity index (χ0v) is 21.6. The minimum atomic E-state index is -1.04. The maximum absolute atomic E-state index is 12.5. The van der Waals surface area contributed by atoms with Crippen molar-refractivity contribution in [3.63, 3.8) is 0 Å². The Balaban J connectivity index is 1.60. The van der Waals surface area contributed by atoms with Crippen molar-refractivity contribution >= 4 is 19.2 Å². The maximum Gasteiger partial charge on any atom is 0.457 e. The summed E-state index contributed by atoms with van der Waals surface area (Å²) in [5.74, 6) is -1.29. The van der Waals surface area contributed by atoms with Gasteiger partial charge in [0.05, 0.1) is 11.2 Å². The first kappa shape index (κ1) is 27.5. The number of benzene rings is 1. The van der Waals surface area contributed by atoms with Crippen molar-refractivity contribution in [3.8, 4) is 0 Å². The number of nitrogens with one attached hydrogen (secondary N) is 1. The minimum absolute atomic E-state index is 0.0950. The Bertz CT molecular complexity index is 812. The summed E-state index contributed by atoms with van der Waals surface area (Å²) in [4.78, 5) is 27.1. The van der Waals surface area contributed by atoms with Crippen LogP contribution in [-0.4, -0.2) is 66.1 Å². The molecule has 8 nitrogen and oxygen atoms in total. The van der Waals surface area contributed by atoms with E-state index in [4.69, 9.17) is 14.0 Å². The molecule has 0 aliphatic carbocycles. The van der Waals surface area contributed by atoms with Crippen molar-refractivity contribution < 1.29 is 28.7 Å². The monoisotopic (exact) mass is 488 g/mol. The van der Waals surface area contributed by atoms with E-state index >= 15 is 0 Å². The van der Waals surface area contributed by atoms with E-state index in [9.17, 15) is 14.7 Å². The zero-order valence-electron chi connectivity index (χ0n) is 21.6. The Kier molecular flexibility index (Phi) is 9.61. The molecule has 2 saturated heterocycles. The van der Waals surface area contributed by atoms with E-state index in [2.05, 4.69) is 10.2 Å². The number of carboxylic acid groups (broad SMARTS) is 1. The number of alkyl carbamates (subject to hydrolysis) is 1. The lowest BCUT2D eigenvalue weighted by Gasteiger charge is -2.33. The number of hydrogen-bond acceptors (Lipinski definition) is 6. The Morgan fingerprint density at radius 2 is 1.71 bits per heavy atom. The first-order chi connectivity index (χ1) is 16.6. The number of likely N-dealkylation sites (tertiary alicyclic amines) is 1. The van der Waals surface area contributed by atoms with Crippen molar-refractivity contribution in [2.45, 2.75) is 90.0 Å². The van der Waals surface area contributed by atoms with Gasteiger partial charge in [-0.05, 0) is 71.9 Å². The number of carboxylic acids is 1. The number of rotatable bonds is 11. The molecule has 0 radical (unpaired) electrons. The van der Waals surface area contributed by atoms with Gasteiger partial charge >= 0.3 is 19.2 Å². The first-order valence-electron chi connectivity index (χ1n) is 12.9. The number of piperidine rings is 1. The molecule has 1 amide bonds. The molecule has 0 spiro atoms. The number of hydrogen-bond donors (Lipinski definition) is 2. The lowest BCUT2D eigenvalue weighted by atomic mass is 9.80. The van der Waals surface area contributed by atoms with Gasteiger partial charge in [-0.3, -0.25) is 0 Å². The van der Waals surface area contributed by atoms with Crippen LogP contribution in [0.5, 0.6) is 0 Å². The molecule has 0 bridgehead atoms. The first-order valence-corrected chi connectivity index (χ1v) is 12.9. The van der Waals surface area contributed by atoms with Gasteiger partial charge in [0.15, 0.2) is 0 Å². The topological polar surface area (TPSA) is 97.3 Å². The summed E-state index contributed by atoms with van der Waals surface area (Å²) in [6.07, 6.45) is 4.77. The van der Waals surface area contributed by atoms with E-state index in [1.165, 1.54) is 6.42 Å². The van der Waals surface area contributed by atoms with Crippen molar-refractivity contribution in [2.75, 3.05) is 19.6 Å². The third-order valence-electron chi connectivity index (χ3n) is 7.48. The molecule has 194 valence electrons. The predicted octanol–water partition coefficient (Wildman–Crippen LogP) is 4.34. The molecule has 2 aliphatic rings. The number of ether oxygens (including phenoxy) is 1.